The van der Waals surface area contributed by atoms with Gasteiger partial charge in [0.25, 0.3) is 0 Å². The van der Waals surface area contributed by atoms with Crippen LogP contribution in [-0.2, 0) is 6.42 Å². The summed E-state index contributed by atoms with van der Waals surface area (Å²) < 4.78 is 0. The molecule has 6 heteroatoms. The van der Waals surface area contributed by atoms with Crippen LogP contribution in [0, 0.1) is 0 Å². The summed E-state index contributed by atoms with van der Waals surface area (Å²) in [6.07, 6.45) is 6.09. The number of hydrogen-bond acceptors (Lipinski definition) is 3. The maximum Gasteiger partial charge on any atom is 0.191 e. The highest BCUT2D eigenvalue weighted by Gasteiger charge is 2.22. The van der Waals surface area contributed by atoms with Gasteiger partial charge < -0.3 is 15.5 Å². The number of aliphatic imine (C=N–C) groups is 1. The molecule has 1 atom stereocenters. The molecule has 4 rings (SSSR count). The third-order valence-corrected chi connectivity index (χ3v) is 6.82. The number of piperidine rings is 1. The van der Waals surface area contributed by atoms with Gasteiger partial charge in [-0.1, -0.05) is 24.3 Å². The lowest BCUT2D eigenvalue weighted by molar-refractivity contribution is 0.459. The first kappa shape index (κ1) is 21.4. The lowest BCUT2D eigenvalue weighted by Crippen LogP contribution is -2.49. The van der Waals surface area contributed by atoms with Gasteiger partial charge in [0.15, 0.2) is 5.96 Å². The number of hydrogen-bond donors (Lipinski definition) is 2. The molecule has 1 aliphatic carbocycles. The van der Waals surface area contributed by atoms with E-state index in [0.717, 1.165) is 38.4 Å². The van der Waals surface area contributed by atoms with E-state index in [2.05, 4.69) is 62.3 Å². The number of nitrogens with zero attached hydrogens (tertiary/aromatic N) is 2. The zero-order chi connectivity index (χ0) is 18.5. The Hall–Kier alpha value is -1.28. The van der Waals surface area contributed by atoms with Crippen molar-refractivity contribution in [2.45, 2.75) is 44.1 Å². The SMILES string of the molecule is CN=C(NCC1CCCc2ccccc21)NC1CCN(c2cccs2)CC1.I. The fourth-order valence-corrected chi connectivity index (χ4v) is 5.15. The third kappa shape index (κ3) is 5.20. The van der Waals surface area contributed by atoms with Gasteiger partial charge in [-0.15, -0.1) is 35.3 Å². The van der Waals surface area contributed by atoms with Crippen molar-refractivity contribution >= 4 is 46.3 Å². The minimum Gasteiger partial charge on any atom is -0.363 e. The summed E-state index contributed by atoms with van der Waals surface area (Å²) in [6, 6.07) is 13.8. The highest BCUT2D eigenvalue weighted by molar-refractivity contribution is 14.0. The molecule has 1 saturated heterocycles. The molecule has 0 radical (unpaired) electrons. The van der Waals surface area contributed by atoms with Crippen LogP contribution in [0.4, 0.5) is 5.00 Å². The number of guanidine groups is 1. The summed E-state index contributed by atoms with van der Waals surface area (Å²) in [5.41, 5.74) is 3.05. The summed E-state index contributed by atoms with van der Waals surface area (Å²) in [6.45, 7) is 3.20. The zero-order valence-electron chi connectivity index (χ0n) is 16.6. The van der Waals surface area contributed by atoms with Crippen LogP contribution in [0.2, 0.25) is 0 Å². The van der Waals surface area contributed by atoms with Gasteiger partial charge in [-0.05, 0) is 60.7 Å². The number of anilines is 1. The van der Waals surface area contributed by atoms with Crippen molar-refractivity contribution in [1.29, 1.82) is 0 Å². The number of nitrogens with one attached hydrogen (secondary N) is 2. The maximum atomic E-state index is 4.47. The van der Waals surface area contributed by atoms with E-state index in [9.17, 15) is 0 Å². The van der Waals surface area contributed by atoms with Crippen molar-refractivity contribution in [2.24, 2.45) is 4.99 Å². The molecule has 0 spiro atoms. The average Bonchev–Trinajstić information content (AvgIpc) is 3.26. The van der Waals surface area contributed by atoms with Crippen molar-refractivity contribution in [2.75, 3.05) is 31.6 Å². The van der Waals surface area contributed by atoms with Crippen molar-refractivity contribution in [3.8, 4) is 0 Å². The van der Waals surface area contributed by atoms with Gasteiger partial charge in [0.2, 0.25) is 0 Å². The van der Waals surface area contributed by atoms with E-state index in [-0.39, 0.29) is 24.0 Å². The van der Waals surface area contributed by atoms with E-state index in [1.54, 1.807) is 0 Å². The lowest BCUT2D eigenvalue weighted by atomic mass is 9.83. The quantitative estimate of drug-likeness (QED) is 0.358. The van der Waals surface area contributed by atoms with Gasteiger partial charge in [-0.3, -0.25) is 4.99 Å². The normalized spacial score (nSPS) is 20.2. The molecule has 152 valence electrons. The van der Waals surface area contributed by atoms with Crippen LogP contribution in [0.3, 0.4) is 0 Å². The van der Waals surface area contributed by atoms with E-state index in [1.807, 2.05) is 18.4 Å². The van der Waals surface area contributed by atoms with E-state index in [0.29, 0.717) is 12.0 Å². The Morgan fingerprint density at radius 3 is 2.71 bits per heavy atom. The van der Waals surface area contributed by atoms with Gasteiger partial charge >= 0.3 is 0 Å². The predicted molar refractivity (Wildman–Crippen MR) is 132 cm³/mol. The summed E-state index contributed by atoms with van der Waals surface area (Å²) in [5.74, 6) is 1.54. The number of aryl methyl sites for hydroxylation is 1. The molecule has 2 aliphatic rings. The van der Waals surface area contributed by atoms with Crippen LogP contribution >= 0.6 is 35.3 Å². The smallest absolute Gasteiger partial charge is 0.191 e. The molecule has 1 unspecified atom stereocenters. The highest BCUT2D eigenvalue weighted by Crippen LogP contribution is 2.30. The van der Waals surface area contributed by atoms with Crippen LogP contribution in [0.5, 0.6) is 0 Å². The standard InChI is InChI=1S/C22H30N4S.HI/c1-23-22(24-16-18-8-4-7-17-6-2-3-9-20(17)18)25-19-11-13-26(14-12-19)21-10-5-15-27-21;/h2-3,5-6,9-10,15,18-19H,4,7-8,11-14,16H2,1H3,(H2,23,24,25);1H. The van der Waals surface area contributed by atoms with E-state index >= 15 is 0 Å². The summed E-state index contributed by atoms with van der Waals surface area (Å²) in [5, 5.41) is 10.8. The first-order valence-electron chi connectivity index (χ1n) is 10.2. The Morgan fingerprint density at radius 2 is 1.96 bits per heavy atom. The number of rotatable bonds is 4. The van der Waals surface area contributed by atoms with Crippen molar-refractivity contribution in [1.82, 2.24) is 10.6 Å². The molecule has 1 aromatic heterocycles. The molecule has 0 saturated carbocycles. The molecular formula is C22H31IN4S. The number of benzene rings is 1. The molecule has 2 heterocycles. The Bertz CT molecular complexity index is 754. The summed E-state index contributed by atoms with van der Waals surface area (Å²) in [4.78, 5) is 6.97. The number of halogens is 1. The van der Waals surface area contributed by atoms with Gasteiger partial charge in [-0.2, -0.15) is 0 Å². The van der Waals surface area contributed by atoms with Crippen LogP contribution in [0.15, 0.2) is 46.8 Å². The Morgan fingerprint density at radius 1 is 1.14 bits per heavy atom. The van der Waals surface area contributed by atoms with E-state index < -0.39 is 0 Å². The van der Waals surface area contributed by atoms with Crippen molar-refractivity contribution in [3.63, 3.8) is 0 Å². The van der Waals surface area contributed by atoms with Gasteiger partial charge in [0.1, 0.15) is 0 Å². The fourth-order valence-electron chi connectivity index (χ4n) is 4.37. The first-order chi connectivity index (χ1) is 13.3. The molecule has 2 N–H and O–H groups in total. The average molecular weight is 510 g/mol. The lowest BCUT2D eigenvalue weighted by Gasteiger charge is -2.34. The Balaban J connectivity index is 0.00000225. The van der Waals surface area contributed by atoms with Gasteiger partial charge in [-0.25, -0.2) is 0 Å². The van der Waals surface area contributed by atoms with Gasteiger partial charge in [0.05, 0.1) is 5.00 Å². The molecule has 2 aromatic rings. The largest absolute Gasteiger partial charge is 0.363 e. The van der Waals surface area contributed by atoms with Crippen molar-refractivity contribution < 1.29 is 0 Å². The highest BCUT2D eigenvalue weighted by atomic mass is 127. The second-order valence-corrected chi connectivity index (χ2v) is 8.52. The van der Waals surface area contributed by atoms with Crippen LogP contribution < -0.4 is 15.5 Å². The number of fused-ring (bicyclic) bond motifs is 1. The van der Waals surface area contributed by atoms with Crippen LogP contribution in [0.25, 0.3) is 0 Å². The fraction of sp³-hybridized carbons (Fsp3) is 0.500. The van der Waals surface area contributed by atoms with Crippen LogP contribution in [-0.4, -0.2) is 38.7 Å². The monoisotopic (exact) mass is 510 g/mol. The molecule has 4 nitrogen and oxygen atoms in total. The number of thiophene rings is 1. The minimum atomic E-state index is 0. The molecule has 0 amide bonds. The molecule has 1 aromatic carbocycles. The summed E-state index contributed by atoms with van der Waals surface area (Å²) >= 11 is 1.84. The molecule has 1 fully saturated rings. The van der Waals surface area contributed by atoms with E-state index in [1.165, 1.54) is 35.4 Å². The minimum absolute atomic E-state index is 0. The Labute approximate surface area is 189 Å². The topological polar surface area (TPSA) is 39.7 Å². The summed E-state index contributed by atoms with van der Waals surface area (Å²) in [7, 11) is 1.88. The third-order valence-electron chi connectivity index (χ3n) is 5.89. The molecule has 0 bridgehead atoms. The van der Waals surface area contributed by atoms with Gasteiger partial charge in [0, 0.05) is 38.6 Å². The maximum absolute atomic E-state index is 4.47. The zero-order valence-corrected chi connectivity index (χ0v) is 19.7. The second kappa shape index (κ2) is 10.5. The first-order valence-corrected chi connectivity index (χ1v) is 11.0. The molecule has 1 aliphatic heterocycles. The molecule has 28 heavy (non-hydrogen) atoms. The second-order valence-electron chi connectivity index (χ2n) is 7.60. The van der Waals surface area contributed by atoms with E-state index in [4.69, 9.17) is 0 Å². The Kier molecular flexibility index (Phi) is 8.02. The molecular weight excluding hydrogens is 479 g/mol. The van der Waals surface area contributed by atoms with Crippen LogP contribution in [0.1, 0.15) is 42.7 Å². The predicted octanol–water partition coefficient (Wildman–Crippen LogP) is 4.62. The van der Waals surface area contributed by atoms with Crippen molar-refractivity contribution in [3.05, 3.63) is 52.9 Å².